The van der Waals surface area contributed by atoms with E-state index in [2.05, 4.69) is 30.6 Å². The molecule has 2 aromatic carbocycles. The van der Waals surface area contributed by atoms with Crippen molar-refractivity contribution in [3.05, 3.63) is 108 Å². The molecule has 0 spiro atoms. The summed E-state index contributed by atoms with van der Waals surface area (Å²) in [6.45, 7) is 0.958. The van der Waals surface area contributed by atoms with E-state index in [0.717, 1.165) is 22.6 Å². The Morgan fingerprint density at radius 2 is 1.07 bits per heavy atom. The zero-order valence-electron chi connectivity index (χ0n) is 29.7. The summed E-state index contributed by atoms with van der Waals surface area (Å²) >= 11 is 2.91. The molecule has 0 bridgehead atoms. The molecule has 4 aromatic heterocycles. The number of hydrogen-bond acceptors (Lipinski definition) is 10. The van der Waals surface area contributed by atoms with E-state index >= 15 is 0 Å². The van der Waals surface area contributed by atoms with Crippen LogP contribution in [0.3, 0.4) is 0 Å². The first-order chi connectivity index (χ1) is 27.2. The fourth-order valence-corrected chi connectivity index (χ4v) is 9.13. The molecule has 2 aliphatic heterocycles. The van der Waals surface area contributed by atoms with Gasteiger partial charge >= 0.3 is 12.2 Å². The summed E-state index contributed by atoms with van der Waals surface area (Å²) in [5, 5.41) is 25.1. The largest absolute Gasteiger partial charge is 0.465 e. The second-order valence-electron chi connectivity index (χ2n) is 13.4. The van der Waals surface area contributed by atoms with Crippen molar-refractivity contribution in [1.82, 2.24) is 50.3 Å². The van der Waals surface area contributed by atoms with Gasteiger partial charge in [-0.25, -0.2) is 29.5 Å². The second-order valence-corrected chi connectivity index (χ2v) is 15.4. The molecule has 0 aliphatic carbocycles. The van der Waals surface area contributed by atoms with Crippen molar-refractivity contribution in [3.8, 4) is 31.2 Å². The normalized spacial score (nSPS) is 17.8. The van der Waals surface area contributed by atoms with E-state index in [1.165, 1.54) is 22.7 Å². The van der Waals surface area contributed by atoms with E-state index in [-0.39, 0.29) is 23.9 Å². The molecular weight excluding hydrogens is 757 g/mol. The summed E-state index contributed by atoms with van der Waals surface area (Å²) in [4.78, 5) is 81.2. The molecule has 2 aliphatic rings. The number of imidazole rings is 2. The Balaban J connectivity index is 0.954. The van der Waals surface area contributed by atoms with E-state index in [4.69, 9.17) is 9.97 Å². The molecule has 4 atom stereocenters. The van der Waals surface area contributed by atoms with Gasteiger partial charge in [-0.1, -0.05) is 60.7 Å². The number of carbonyl (C=O) groups excluding carboxylic acids is 2. The number of likely N-dealkylation sites (tertiary alicyclic amines) is 2. The number of carboxylic acid groups (broad SMARTS) is 2. The number of aromatic amines is 2. The molecular formula is C38H36N10O6S2. The summed E-state index contributed by atoms with van der Waals surface area (Å²) in [6.07, 6.45) is 7.39. The van der Waals surface area contributed by atoms with Crippen LogP contribution in [0.15, 0.2) is 85.5 Å². The van der Waals surface area contributed by atoms with Gasteiger partial charge in [0.25, 0.3) is 11.8 Å². The number of benzene rings is 2. The number of carbonyl (C=O) groups is 4. The number of thiazole rings is 2. The van der Waals surface area contributed by atoms with Gasteiger partial charge in [-0.15, -0.1) is 22.7 Å². The minimum Gasteiger partial charge on any atom is -0.465 e. The van der Waals surface area contributed by atoms with Crippen LogP contribution in [0.25, 0.3) is 31.2 Å². The van der Waals surface area contributed by atoms with Gasteiger partial charge in [-0.05, 0) is 36.8 Å². The Kier molecular flexibility index (Phi) is 10.3. The van der Waals surface area contributed by atoms with Crippen LogP contribution in [0.1, 0.15) is 72.6 Å². The average molecular weight is 793 g/mol. The average Bonchev–Trinajstić information content (AvgIpc) is 4.06. The standard InChI is InChI=1S/C38H36N10O6S2/c49-35(29(45-37(51)52)21-9-3-1-4-10-21)47-15-7-13-25(47)31-39-17-23(43-31)33-41-19-27(55-33)28-20-42-34(56-28)24-18-40-32(44-24)26-14-8-16-48(26)36(50)30(46-38(53)54)22-11-5-2-6-12-22/h1-6,9-12,17-20,25-26,29-30,45-46H,7-8,13-16H2,(H,39,43)(H,40,44)(H,51,52)(H,53,54)/t25-,26-,29+,30+/m0/s1. The number of nitrogens with zero attached hydrogens (tertiary/aromatic N) is 6. The lowest BCUT2D eigenvalue weighted by Gasteiger charge is -2.28. The maximum Gasteiger partial charge on any atom is 0.405 e. The van der Waals surface area contributed by atoms with Crippen molar-refractivity contribution < 1.29 is 29.4 Å². The molecule has 0 unspecified atom stereocenters. The summed E-state index contributed by atoms with van der Waals surface area (Å²) < 4.78 is 0. The Hall–Kier alpha value is -6.40. The maximum atomic E-state index is 13.7. The summed E-state index contributed by atoms with van der Waals surface area (Å²) in [5.41, 5.74) is 2.39. The predicted molar refractivity (Wildman–Crippen MR) is 206 cm³/mol. The number of aromatic nitrogens is 6. The minimum absolute atomic E-state index is 0.334. The molecule has 0 saturated carbocycles. The lowest BCUT2D eigenvalue weighted by atomic mass is 10.1. The first-order valence-corrected chi connectivity index (χ1v) is 19.6. The van der Waals surface area contributed by atoms with Crippen molar-refractivity contribution in [3.63, 3.8) is 0 Å². The number of H-pyrrole nitrogens is 2. The maximum absolute atomic E-state index is 13.7. The van der Waals surface area contributed by atoms with E-state index in [9.17, 15) is 29.4 Å². The van der Waals surface area contributed by atoms with Gasteiger partial charge in [-0.2, -0.15) is 0 Å². The first-order valence-electron chi connectivity index (χ1n) is 18.0. The van der Waals surface area contributed by atoms with Crippen LogP contribution in [-0.4, -0.2) is 87.0 Å². The van der Waals surface area contributed by atoms with Crippen LogP contribution in [0.2, 0.25) is 0 Å². The van der Waals surface area contributed by atoms with Crippen molar-refractivity contribution in [2.75, 3.05) is 13.1 Å². The SMILES string of the molecule is O=C(O)N[C@@H](C(=O)N1CCC[C@H]1c1nc(-c2ncc(-c3cnc(-c4c[nH]c([C@@H]5CCCN5C(=O)[C@H](NC(=O)O)c5ccccc5)n4)s3)s2)c[nH]1)c1ccccc1. The molecule has 0 radical (unpaired) electrons. The van der Waals surface area contributed by atoms with E-state index in [0.29, 0.717) is 70.1 Å². The number of hydrogen-bond donors (Lipinski definition) is 6. The van der Waals surface area contributed by atoms with Gasteiger partial charge in [0.1, 0.15) is 45.1 Å². The Labute approximate surface area is 327 Å². The van der Waals surface area contributed by atoms with Gasteiger partial charge < -0.3 is 40.6 Å². The third-order valence-electron chi connectivity index (χ3n) is 9.89. The molecule has 4 amide bonds. The topological polar surface area (TPSA) is 222 Å². The van der Waals surface area contributed by atoms with E-state index < -0.39 is 24.3 Å². The third-order valence-corrected chi connectivity index (χ3v) is 12.1. The van der Waals surface area contributed by atoms with E-state index in [1.54, 1.807) is 83.1 Å². The van der Waals surface area contributed by atoms with Gasteiger partial charge in [0.05, 0.1) is 21.8 Å². The van der Waals surface area contributed by atoms with Crippen molar-refractivity contribution in [2.45, 2.75) is 49.9 Å². The number of amides is 4. The number of nitrogens with one attached hydrogen (secondary N) is 4. The molecule has 286 valence electrons. The molecule has 2 fully saturated rings. The van der Waals surface area contributed by atoms with Crippen molar-refractivity contribution in [2.24, 2.45) is 0 Å². The molecule has 56 heavy (non-hydrogen) atoms. The molecule has 2 saturated heterocycles. The number of rotatable bonds is 11. The smallest absolute Gasteiger partial charge is 0.405 e. The van der Waals surface area contributed by atoms with Crippen LogP contribution >= 0.6 is 22.7 Å². The van der Waals surface area contributed by atoms with Crippen LogP contribution in [0, 0.1) is 0 Å². The third kappa shape index (κ3) is 7.47. The zero-order chi connectivity index (χ0) is 38.8. The Morgan fingerprint density at radius 1 is 0.661 bits per heavy atom. The fraction of sp³-hybridized carbons (Fsp3) is 0.263. The molecule has 6 heterocycles. The Bertz CT molecular complexity index is 2200. The lowest BCUT2D eigenvalue weighted by molar-refractivity contribution is -0.135. The Morgan fingerprint density at radius 3 is 1.46 bits per heavy atom. The van der Waals surface area contributed by atoms with Crippen LogP contribution in [-0.2, 0) is 9.59 Å². The van der Waals surface area contributed by atoms with Gasteiger partial charge in [0.2, 0.25) is 0 Å². The zero-order valence-corrected chi connectivity index (χ0v) is 31.3. The molecule has 18 heteroatoms. The highest BCUT2D eigenvalue weighted by Gasteiger charge is 2.38. The molecule has 6 aromatic rings. The molecule has 16 nitrogen and oxygen atoms in total. The summed E-state index contributed by atoms with van der Waals surface area (Å²) in [5.74, 6) is 0.546. The predicted octanol–water partition coefficient (Wildman–Crippen LogP) is 6.39. The second kappa shape index (κ2) is 15.8. The van der Waals surface area contributed by atoms with Crippen molar-refractivity contribution in [1.29, 1.82) is 0 Å². The highest BCUT2D eigenvalue weighted by atomic mass is 32.1. The van der Waals surface area contributed by atoms with Crippen LogP contribution < -0.4 is 10.6 Å². The van der Waals surface area contributed by atoms with Gasteiger partial charge in [0, 0.05) is 37.9 Å². The van der Waals surface area contributed by atoms with Crippen molar-refractivity contribution >= 4 is 46.7 Å². The highest BCUT2D eigenvalue weighted by Crippen LogP contribution is 2.40. The van der Waals surface area contributed by atoms with Crippen LogP contribution in [0.4, 0.5) is 9.59 Å². The lowest BCUT2D eigenvalue weighted by Crippen LogP contribution is -2.42. The quantitative estimate of drug-likeness (QED) is 0.0848. The fourth-order valence-electron chi connectivity index (χ4n) is 7.32. The molecule has 6 N–H and O–H groups in total. The summed E-state index contributed by atoms with van der Waals surface area (Å²) in [7, 11) is 0. The summed E-state index contributed by atoms with van der Waals surface area (Å²) in [6, 6.07) is 14.9. The monoisotopic (exact) mass is 792 g/mol. The van der Waals surface area contributed by atoms with Gasteiger partial charge in [0.15, 0.2) is 0 Å². The van der Waals surface area contributed by atoms with E-state index in [1.807, 2.05) is 12.1 Å². The van der Waals surface area contributed by atoms with Crippen LogP contribution in [0.5, 0.6) is 0 Å². The molecule has 8 rings (SSSR count). The highest BCUT2D eigenvalue weighted by molar-refractivity contribution is 7.24. The first kappa shape index (κ1) is 36.6. The van der Waals surface area contributed by atoms with Gasteiger partial charge in [-0.3, -0.25) is 9.59 Å². The minimum atomic E-state index is -1.28.